The van der Waals surface area contributed by atoms with Crippen LogP contribution < -0.4 is 5.32 Å². The van der Waals surface area contributed by atoms with Gasteiger partial charge >= 0.3 is 0 Å². The van der Waals surface area contributed by atoms with E-state index in [1.807, 2.05) is 32.2 Å². The minimum atomic E-state index is -0.204. The summed E-state index contributed by atoms with van der Waals surface area (Å²) in [6.45, 7) is 1.89. The molecule has 0 aliphatic rings. The molecular formula is C14H15FN2. The molecule has 0 saturated carbocycles. The molecule has 1 unspecified atom stereocenters. The molecule has 0 bridgehead atoms. The SMILES string of the molecule is CNC(c1cccnc1)c1cc(C)cc(F)c1. The van der Waals surface area contributed by atoms with Crippen molar-refractivity contribution >= 4 is 0 Å². The molecule has 0 aliphatic heterocycles. The second-order valence-corrected chi connectivity index (χ2v) is 4.07. The third kappa shape index (κ3) is 2.68. The van der Waals surface area contributed by atoms with E-state index in [1.54, 1.807) is 18.5 Å². The molecule has 2 rings (SSSR count). The number of rotatable bonds is 3. The van der Waals surface area contributed by atoms with Gasteiger partial charge in [-0.3, -0.25) is 4.98 Å². The van der Waals surface area contributed by atoms with Crippen LogP contribution in [0.1, 0.15) is 22.7 Å². The predicted molar refractivity (Wildman–Crippen MR) is 66.3 cm³/mol. The predicted octanol–water partition coefficient (Wildman–Crippen LogP) is 2.84. The van der Waals surface area contributed by atoms with Crippen molar-refractivity contribution in [2.45, 2.75) is 13.0 Å². The highest BCUT2D eigenvalue weighted by molar-refractivity contribution is 5.33. The molecule has 1 N–H and O–H groups in total. The van der Waals surface area contributed by atoms with Crippen molar-refractivity contribution in [2.75, 3.05) is 7.05 Å². The van der Waals surface area contributed by atoms with Crippen LogP contribution in [-0.4, -0.2) is 12.0 Å². The van der Waals surface area contributed by atoms with Crippen LogP contribution in [0.25, 0.3) is 0 Å². The molecule has 0 spiro atoms. The Morgan fingerprint density at radius 1 is 1.24 bits per heavy atom. The third-order valence-corrected chi connectivity index (χ3v) is 2.70. The number of hydrogen-bond acceptors (Lipinski definition) is 2. The summed E-state index contributed by atoms with van der Waals surface area (Å²) in [6, 6.07) is 8.90. The smallest absolute Gasteiger partial charge is 0.123 e. The summed E-state index contributed by atoms with van der Waals surface area (Å²) in [4.78, 5) is 4.09. The van der Waals surface area contributed by atoms with E-state index < -0.39 is 0 Å². The first kappa shape index (κ1) is 11.7. The van der Waals surface area contributed by atoms with Crippen molar-refractivity contribution in [3.8, 4) is 0 Å². The first-order valence-corrected chi connectivity index (χ1v) is 5.55. The summed E-state index contributed by atoms with van der Waals surface area (Å²) >= 11 is 0. The highest BCUT2D eigenvalue weighted by Crippen LogP contribution is 2.22. The number of hydrogen-bond donors (Lipinski definition) is 1. The Morgan fingerprint density at radius 3 is 2.65 bits per heavy atom. The fraction of sp³-hybridized carbons (Fsp3) is 0.214. The van der Waals surface area contributed by atoms with Crippen molar-refractivity contribution < 1.29 is 4.39 Å². The standard InChI is InChI=1S/C14H15FN2/c1-10-6-12(8-13(15)7-10)14(16-2)11-4-3-5-17-9-11/h3-9,14,16H,1-2H3. The molecule has 0 saturated heterocycles. The summed E-state index contributed by atoms with van der Waals surface area (Å²) in [7, 11) is 1.86. The van der Waals surface area contributed by atoms with Crippen LogP contribution >= 0.6 is 0 Å². The molecule has 0 fully saturated rings. The third-order valence-electron chi connectivity index (χ3n) is 2.70. The lowest BCUT2D eigenvalue weighted by Crippen LogP contribution is -2.18. The normalized spacial score (nSPS) is 12.4. The monoisotopic (exact) mass is 230 g/mol. The van der Waals surface area contributed by atoms with Gasteiger partial charge in [-0.05, 0) is 48.9 Å². The molecular weight excluding hydrogens is 215 g/mol. The molecule has 2 aromatic rings. The summed E-state index contributed by atoms with van der Waals surface area (Å²) in [5.74, 6) is -0.204. The number of aryl methyl sites for hydroxylation is 1. The van der Waals surface area contributed by atoms with Crippen LogP contribution in [0.3, 0.4) is 0 Å². The summed E-state index contributed by atoms with van der Waals surface area (Å²) in [5, 5.41) is 3.18. The van der Waals surface area contributed by atoms with E-state index in [9.17, 15) is 4.39 Å². The average Bonchev–Trinajstić information content (AvgIpc) is 2.30. The lowest BCUT2D eigenvalue weighted by Gasteiger charge is -2.17. The molecule has 88 valence electrons. The van der Waals surface area contributed by atoms with Gasteiger partial charge in [0.25, 0.3) is 0 Å². The van der Waals surface area contributed by atoms with Crippen molar-refractivity contribution in [3.63, 3.8) is 0 Å². The first-order valence-electron chi connectivity index (χ1n) is 5.55. The Labute approximate surface area is 101 Å². The lowest BCUT2D eigenvalue weighted by atomic mass is 9.98. The maximum atomic E-state index is 13.4. The highest BCUT2D eigenvalue weighted by atomic mass is 19.1. The minimum absolute atomic E-state index is 0.0295. The molecule has 1 heterocycles. The van der Waals surface area contributed by atoms with E-state index in [-0.39, 0.29) is 11.9 Å². The lowest BCUT2D eigenvalue weighted by molar-refractivity contribution is 0.615. The van der Waals surface area contributed by atoms with Crippen molar-refractivity contribution in [2.24, 2.45) is 0 Å². The largest absolute Gasteiger partial charge is 0.309 e. The van der Waals surface area contributed by atoms with E-state index in [0.717, 1.165) is 16.7 Å². The fourth-order valence-corrected chi connectivity index (χ4v) is 2.00. The van der Waals surface area contributed by atoms with Gasteiger partial charge in [0.1, 0.15) is 5.82 Å². The van der Waals surface area contributed by atoms with Crippen LogP contribution in [0.4, 0.5) is 4.39 Å². The molecule has 1 atom stereocenters. The van der Waals surface area contributed by atoms with E-state index >= 15 is 0 Å². The van der Waals surface area contributed by atoms with E-state index in [1.165, 1.54) is 6.07 Å². The summed E-state index contributed by atoms with van der Waals surface area (Å²) in [6.07, 6.45) is 3.52. The molecule has 1 aromatic heterocycles. The Morgan fingerprint density at radius 2 is 2.06 bits per heavy atom. The Hall–Kier alpha value is -1.74. The Bertz CT molecular complexity index is 477. The maximum Gasteiger partial charge on any atom is 0.123 e. The zero-order chi connectivity index (χ0) is 12.3. The number of pyridine rings is 1. The zero-order valence-electron chi connectivity index (χ0n) is 9.94. The fourth-order valence-electron chi connectivity index (χ4n) is 2.00. The maximum absolute atomic E-state index is 13.4. The minimum Gasteiger partial charge on any atom is -0.309 e. The van der Waals surface area contributed by atoms with Crippen molar-refractivity contribution in [3.05, 3.63) is 65.2 Å². The molecule has 2 nitrogen and oxygen atoms in total. The number of aromatic nitrogens is 1. The van der Waals surface area contributed by atoms with Crippen LogP contribution in [0, 0.1) is 12.7 Å². The van der Waals surface area contributed by atoms with Gasteiger partial charge in [0, 0.05) is 12.4 Å². The van der Waals surface area contributed by atoms with Crippen molar-refractivity contribution in [1.82, 2.24) is 10.3 Å². The molecule has 3 heteroatoms. The van der Waals surface area contributed by atoms with E-state index in [0.29, 0.717) is 0 Å². The number of benzene rings is 1. The number of nitrogens with zero attached hydrogens (tertiary/aromatic N) is 1. The Kier molecular flexibility index (Phi) is 3.49. The summed E-state index contributed by atoms with van der Waals surface area (Å²) in [5.41, 5.74) is 2.86. The molecule has 0 radical (unpaired) electrons. The van der Waals surface area contributed by atoms with Gasteiger partial charge in [-0.1, -0.05) is 12.1 Å². The van der Waals surface area contributed by atoms with Crippen LogP contribution in [0.2, 0.25) is 0 Å². The van der Waals surface area contributed by atoms with Gasteiger partial charge < -0.3 is 5.32 Å². The van der Waals surface area contributed by atoms with E-state index in [4.69, 9.17) is 0 Å². The molecule has 17 heavy (non-hydrogen) atoms. The second-order valence-electron chi connectivity index (χ2n) is 4.07. The zero-order valence-corrected chi connectivity index (χ0v) is 9.94. The topological polar surface area (TPSA) is 24.9 Å². The van der Waals surface area contributed by atoms with Gasteiger partial charge in [-0.15, -0.1) is 0 Å². The second kappa shape index (κ2) is 5.06. The van der Waals surface area contributed by atoms with Gasteiger partial charge in [-0.25, -0.2) is 4.39 Å². The van der Waals surface area contributed by atoms with Crippen LogP contribution in [0.5, 0.6) is 0 Å². The van der Waals surface area contributed by atoms with Crippen LogP contribution in [-0.2, 0) is 0 Å². The number of nitrogens with one attached hydrogen (secondary N) is 1. The van der Waals surface area contributed by atoms with Crippen LogP contribution in [0.15, 0.2) is 42.7 Å². The van der Waals surface area contributed by atoms with E-state index in [2.05, 4.69) is 10.3 Å². The van der Waals surface area contributed by atoms with Crippen molar-refractivity contribution in [1.29, 1.82) is 0 Å². The number of halogens is 1. The molecule has 1 aromatic carbocycles. The summed E-state index contributed by atoms with van der Waals surface area (Å²) < 4.78 is 13.4. The van der Waals surface area contributed by atoms with Gasteiger partial charge in [0.15, 0.2) is 0 Å². The average molecular weight is 230 g/mol. The van der Waals surface area contributed by atoms with Gasteiger partial charge in [-0.2, -0.15) is 0 Å². The molecule has 0 amide bonds. The van der Waals surface area contributed by atoms with Gasteiger partial charge in [0.2, 0.25) is 0 Å². The van der Waals surface area contributed by atoms with Gasteiger partial charge in [0.05, 0.1) is 6.04 Å². The quantitative estimate of drug-likeness (QED) is 0.877. The highest BCUT2D eigenvalue weighted by Gasteiger charge is 2.13. The Balaban J connectivity index is 2.42. The molecule has 0 aliphatic carbocycles. The first-order chi connectivity index (χ1) is 8.20.